The standard InChI is InChI=1S/C19H22N4O4/c1-13-5-6-16(18(21-13)27-15-4-3-9-20-12-15)17(22-25)23-10-7-14(8-11-23)19(24)26-2/h3-6,9,12,14,25H,7-8,10-11H2,1-2H3/b22-17-. The highest BCUT2D eigenvalue weighted by Gasteiger charge is 2.29. The first-order valence-electron chi connectivity index (χ1n) is 8.73. The minimum absolute atomic E-state index is 0.131. The Bertz CT molecular complexity index is 818. The number of carbonyl (C=O) groups is 1. The third-order valence-corrected chi connectivity index (χ3v) is 4.51. The van der Waals surface area contributed by atoms with Crippen LogP contribution < -0.4 is 4.74 Å². The summed E-state index contributed by atoms with van der Waals surface area (Å²) in [6, 6.07) is 7.19. The van der Waals surface area contributed by atoms with E-state index in [1.165, 1.54) is 7.11 Å². The SMILES string of the molecule is COC(=O)C1CCN(/C(=N\O)c2ccc(C)nc2Oc2cccnc2)CC1. The van der Waals surface area contributed by atoms with Gasteiger partial charge in [-0.1, -0.05) is 5.16 Å². The number of piperidine rings is 1. The van der Waals surface area contributed by atoms with Gasteiger partial charge < -0.3 is 19.6 Å². The second-order valence-electron chi connectivity index (χ2n) is 6.30. The first-order chi connectivity index (χ1) is 13.1. The summed E-state index contributed by atoms with van der Waals surface area (Å²) in [7, 11) is 1.40. The van der Waals surface area contributed by atoms with Crippen LogP contribution in [0.4, 0.5) is 0 Å². The topological polar surface area (TPSA) is 97.1 Å². The zero-order valence-corrected chi connectivity index (χ0v) is 15.3. The van der Waals surface area contributed by atoms with Gasteiger partial charge >= 0.3 is 5.97 Å². The Hall–Kier alpha value is -3.16. The minimum atomic E-state index is -0.199. The molecule has 0 saturated carbocycles. The van der Waals surface area contributed by atoms with Crippen LogP contribution in [-0.2, 0) is 9.53 Å². The first-order valence-corrected chi connectivity index (χ1v) is 8.73. The molecule has 0 unspecified atom stereocenters. The van der Waals surface area contributed by atoms with Crippen molar-refractivity contribution in [2.45, 2.75) is 19.8 Å². The van der Waals surface area contributed by atoms with E-state index >= 15 is 0 Å². The highest BCUT2D eigenvalue weighted by molar-refractivity contribution is 6.00. The van der Waals surface area contributed by atoms with Gasteiger partial charge in [0.05, 0.1) is 24.8 Å². The van der Waals surface area contributed by atoms with E-state index in [1.807, 2.05) is 24.0 Å². The zero-order chi connectivity index (χ0) is 19.2. The van der Waals surface area contributed by atoms with Gasteiger partial charge in [-0.3, -0.25) is 9.78 Å². The Morgan fingerprint density at radius 2 is 2.07 bits per heavy atom. The van der Waals surface area contributed by atoms with Crippen LogP contribution in [0.2, 0.25) is 0 Å². The number of hydrogen-bond acceptors (Lipinski definition) is 7. The molecule has 1 aliphatic rings. The second kappa shape index (κ2) is 8.48. The Morgan fingerprint density at radius 3 is 2.70 bits per heavy atom. The number of oxime groups is 1. The predicted molar refractivity (Wildman–Crippen MR) is 97.9 cm³/mol. The van der Waals surface area contributed by atoms with Crippen LogP contribution in [-0.4, -0.2) is 52.1 Å². The summed E-state index contributed by atoms with van der Waals surface area (Å²) in [4.78, 5) is 22.1. The molecule has 8 heteroatoms. The fourth-order valence-corrected chi connectivity index (χ4v) is 3.08. The number of nitrogens with zero attached hydrogens (tertiary/aromatic N) is 4. The molecule has 0 spiro atoms. The van der Waals surface area contributed by atoms with Crippen molar-refractivity contribution in [3.05, 3.63) is 47.9 Å². The molecule has 3 heterocycles. The number of ether oxygens (including phenoxy) is 2. The molecule has 0 aliphatic carbocycles. The van der Waals surface area contributed by atoms with Crippen LogP contribution in [0.25, 0.3) is 0 Å². The third kappa shape index (κ3) is 4.33. The van der Waals surface area contributed by atoms with Gasteiger partial charge in [0.25, 0.3) is 0 Å². The van der Waals surface area contributed by atoms with Crippen LogP contribution >= 0.6 is 0 Å². The lowest BCUT2D eigenvalue weighted by atomic mass is 9.96. The number of likely N-dealkylation sites (tertiary alicyclic amines) is 1. The van der Waals surface area contributed by atoms with Gasteiger partial charge in [-0.15, -0.1) is 0 Å². The van der Waals surface area contributed by atoms with E-state index in [0.29, 0.717) is 49.0 Å². The number of aryl methyl sites for hydroxylation is 1. The van der Waals surface area contributed by atoms with Crippen molar-refractivity contribution >= 4 is 11.8 Å². The van der Waals surface area contributed by atoms with Crippen LogP contribution in [0.1, 0.15) is 24.1 Å². The predicted octanol–water partition coefficient (Wildman–Crippen LogP) is 2.60. The molecule has 1 aliphatic heterocycles. The van der Waals surface area contributed by atoms with E-state index in [4.69, 9.17) is 9.47 Å². The van der Waals surface area contributed by atoms with Crippen LogP contribution in [0, 0.1) is 12.8 Å². The maximum atomic E-state index is 11.7. The van der Waals surface area contributed by atoms with Crippen molar-refractivity contribution in [3.8, 4) is 11.6 Å². The normalized spacial score (nSPS) is 15.5. The molecule has 0 radical (unpaired) electrons. The summed E-state index contributed by atoms with van der Waals surface area (Å²) in [5.41, 5.74) is 1.35. The van der Waals surface area contributed by atoms with E-state index in [-0.39, 0.29) is 11.9 Å². The van der Waals surface area contributed by atoms with Crippen molar-refractivity contribution < 1.29 is 19.5 Å². The molecular weight excluding hydrogens is 348 g/mol. The van der Waals surface area contributed by atoms with Gasteiger partial charge in [0.2, 0.25) is 5.88 Å². The summed E-state index contributed by atoms with van der Waals surface area (Å²) in [6.45, 7) is 3.00. The number of carbonyl (C=O) groups excluding carboxylic acids is 1. The molecule has 1 saturated heterocycles. The fraction of sp³-hybridized carbons (Fsp3) is 0.368. The summed E-state index contributed by atoms with van der Waals surface area (Å²) in [5, 5.41) is 13.2. The van der Waals surface area contributed by atoms with E-state index in [0.717, 1.165) is 5.69 Å². The summed E-state index contributed by atoms with van der Waals surface area (Å²) >= 11 is 0. The van der Waals surface area contributed by atoms with Crippen LogP contribution in [0.3, 0.4) is 0 Å². The Kier molecular flexibility index (Phi) is 5.85. The summed E-state index contributed by atoms with van der Waals surface area (Å²) in [5.74, 6) is 0.914. The number of hydrogen-bond donors (Lipinski definition) is 1. The molecule has 2 aromatic heterocycles. The van der Waals surface area contributed by atoms with Crippen molar-refractivity contribution in [2.75, 3.05) is 20.2 Å². The molecule has 8 nitrogen and oxygen atoms in total. The van der Waals surface area contributed by atoms with Gasteiger partial charge in [-0.25, -0.2) is 4.98 Å². The van der Waals surface area contributed by atoms with Crippen molar-refractivity contribution in [2.24, 2.45) is 11.1 Å². The molecule has 1 N–H and O–H groups in total. The van der Waals surface area contributed by atoms with Crippen molar-refractivity contribution in [3.63, 3.8) is 0 Å². The molecule has 3 rings (SSSR count). The lowest BCUT2D eigenvalue weighted by molar-refractivity contribution is -0.146. The average Bonchev–Trinajstić information content (AvgIpc) is 2.71. The van der Waals surface area contributed by atoms with Gasteiger partial charge in [-0.2, -0.15) is 0 Å². The number of amidine groups is 1. The van der Waals surface area contributed by atoms with Gasteiger partial charge in [-0.05, 0) is 44.0 Å². The number of rotatable bonds is 4. The van der Waals surface area contributed by atoms with E-state index in [9.17, 15) is 10.0 Å². The fourth-order valence-electron chi connectivity index (χ4n) is 3.08. The number of aromatic nitrogens is 2. The molecule has 27 heavy (non-hydrogen) atoms. The Morgan fingerprint density at radius 1 is 1.30 bits per heavy atom. The van der Waals surface area contributed by atoms with Crippen molar-refractivity contribution in [1.82, 2.24) is 14.9 Å². The molecule has 0 aromatic carbocycles. The van der Waals surface area contributed by atoms with E-state index in [1.54, 1.807) is 24.5 Å². The molecule has 2 aromatic rings. The number of methoxy groups -OCH3 is 1. The quantitative estimate of drug-likeness (QED) is 0.290. The molecular formula is C19H22N4O4. The molecule has 0 bridgehead atoms. The van der Waals surface area contributed by atoms with Crippen LogP contribution in [0.5, 0.6) is 11.6 Å². The van der Waals surface area contributed by atoms with Crippen LogP contribution in [0.15, 0.2) is 41.8 Å². The van der Waals surface area contributed by atoms with E-state index < -0.39 is 0 Å². The van der Waals surface area contributed by atoms with Gasteiger partial charge in [0.1, 0.15) is 5.75 Å². The molecule has 1 fully saturated rings. The maximum absolute atomic E-state index is 11.7. The number of pyridine rings is 2. The lowest BCUT2D eigenvalue weighted by Crippen LogP contribution is -2.41. The van der Waals surface area contributed by atoms with Crippen molar-refractivity contribution in [1.29, 1.82) is 0 Å². The first kappa shape index (κ1) is 18.6. The summed E-state index contributed by atoms with van der Waals surface area (Å²) < 4.78 is 10.7. The molecule has 0 atom stereocenters. The Labute approximate surface area is 157 Å². The molecule has 0 amide bonds. The summed E-state index contributed by atoms with van der Waals surface area (Å²) in [6.07, 6.45) is 4.50. The monoisotopic (exact) mass is 370 g/mol. The van der Waals surface area contributed by atoms with E-state index in [2.05, 4.69) is 15.1 Å². The van der Waals surface area contributed by atoms with Gasteiger partial charge in [0, 0.05) is 25.0 Å². The number of esters is 1. The highest BCUT2D eigenvalue weighted by atomic mass is 16.5. The average molecular weight is 370 g/mol. The highest BCUT2D eigenvalue weighted by Crippen LogP contribution is 2.27. The molecule has 142 valence electrons. The Balaban J connectivity index is 1.83. The minimum Gasteiger partial charge on any atom is -0.469 e. The largest absolute Gasteiger partial charge is 0.469 e. The lowest BCUT2D eigenvalue weighted by Gasteiger charge is -2.32. The second-order valence-corrected chi connectivity index (χ2v) is 6.30. The zero-order valence-electron chi connectivity index (χ0n) is 15.3. The maximum Gasteiger partial charge on any atom is 0.308 e. The third-order valence-electron chi connectivity index (χ3n) is 4.51. The smallest absolute Gasteiger partial charge is 0.308 e. The van der Waals surface area contributed by atoms with Gasteiger partial charge in [0.15, 0.2) is 5.84 Å².